The Morgan fingerprint density at radius 3 is 2.62 bits per heavy atom. The van der Waals surface area contributed by atoms with E-state index in [4.69, 9.17) is 10.8 Å². The molecule has 1 aromatic carbocycles. The quantitative estimate of drug-likeness (QED) is 0.827. The van der Waals surface area contributed by atoms with Gasteiger partial charge in [0.05, 0.1) is 12.8 Å². The average molecular weight is 328 g/mol. The number of rotatable bonds is 6. The molecule has 0 fully saturated rings. The van der Waals surface area contributed by atoms with Crippen molar-refractivity contribution in [2.45, 2.75) is 19.5 Å². The molecule has 0 saturated carbocycles. The summed E-state index contributed by atoms with van der Waals surface area (Å²) in [6.45, 7) is 1.87. The van der Waals surface area contributed by atoms with Gasteiger partial charge in [-0.2, -0.15) is 0 Å². The van der Waals surface area contributed by atoms with E-state index in [1.54, 1.807) is 25.1 Å². The van der Waals surface area contributed by atoms with E-state index in [-0.39, 0.29) is 30.6 Å². The van der Waals surface area contributed by atoms with E-state index in [1.807, 2.05) is 0 Å². The van der Waals surface area contributed by atoms with Crippen LogP contribution in [0.5, 0.6) is 0 Å². The summed E-state index contributed by atoms with van der Waals surface area (Å²) in [5.41, 5.74) is 0.740. The lowest BCUT2D eigenvalue weighted by molar-refractivity contribution is -0.132. The van der Waals surface area contributed by atoms with Crippen molar-refractivity contribution in [2.75, 3.05) is 6.54 Å². The molecule has 0 saturated heterocycles. The maximum atomic E-state index is 13.0. The number of terminal acetylenes is 1. The fourth-order valence-electron chi connectivity index (χ4n) is 2.14. The Morgan fingerprint density at radius 2 is 2.04 bits per heavy atom. The van der Waals surface area contributed by atoms with Gasteiger partial charge >= 0.3 is 0 Å². The molecule has 0 aliphatic heterocycles. The first kappa shape index (κ1) is 17.3. The van der Waals surface area contributed by atoms with E-state index < -0.39 is 11.9 Å². The van der Waals surface area contributed by atoms with Crippen LogP contribution in [0.3, 0.4) is 0 Å². The van der Waals surface area contributed by atoms with Crippen molar-refractivity contribution in [2.24, 2.45) is 0 Å². The predicted octanol–water partition coefficient (Wildman–Crippen LogP) is 2.20. The zero-order valence-electron chi connectivity index (χ0n) is 13.2. The van der Waals surface area contributed by atoms with E-state index in [0.29, 0.717) is 0 Å². The van der Waals surface area contributed by atoms with Gasteiger partial charge in [-0.05, 0) is 36.8 Å². The summed E-state index contributed by atoms with van der Waals surface area (Å²) in [6, 6.07) is 8.10. The van der Waals surface area contributed by atoms with Crippen LogP contribution in [0.25, 0.3) is 0 Å². The molecule has 0 aliphatic carbocycles. The average Bonchev–Trinajstić information content (AvgIpc) is 3.10. The minimum atomic E-state index is -0.781. The van der Waals surface area contributed by atoms with E-state index in [9.17, 15) is 14.0 Å². The van der Waals surface area contributed by atoms with Gasteiger partial charge in [0, 0.05) is 6.54 Å². The lowest BCUT2D eigenvalue weighted by Gasteiger charge is -2.24. The molecular weight excluding hydrogens is 311 g/mol. The van der Waals surface area contributed by atoms with Crippen LogP contribution in [0.2, 0.25) is 0 Å². The number of amides is 2. The normalized spacial score (nSPS) is 11.4. The van der Waals surface area contributed by atoms with E-state index >= 15 is 0 Å². The smallest absolute Gasteiger partial charge is 0.287 e. The lowest BCUT2D eigenvalue weighted by Crippen LogP contribution is -2.46. The van der Waals surface area contributed by atoms with Crippen LogP contribution in [0, 0.1) is 18.2 Å². The molecule has 1 aromatic heterocycles. The number of carbonyl (C=O) groups is 2. The van der Waals surface area contributed by atoms with Crippen LogP contribution in [0.4, 0.5) is 4.39 Å². The molecule has 124 valence electrons. The molecule has 2 rings (SSSR count). The number of halogens is 1. The van der Waals surface area contributed by atoms with Gasteiger partial charge in [-0.15, -0.1) is 6.42 Å². The highest BCUT2D eigenvalue weighted by Gasteiger charge is 2.23. The van der Waals surface area contributed by atoms with Crippen LogP contribution < -0.4 is 5.32 Å². The first-order valence-electron chi connectivity index (χ1n) is 7.32. The standard InChI is InChI=1S/C18H17FN2O3/c1-3-10-21(12-14-6-8-15(19)9-7-14)18(23)13(2)20-17(22)16-5-4-11-24-16/h1,4-9,11,13H,10,12H2,2H3,(H,20,22). The molecule has 2 aromatic rings. The number of furan rings is 1. The summed E-state index contributed by atoms with van der Waals surface area (Å²) in [5, 5.41) is 2.56. The van der Waals surface area contributed by atoms with Gasteiger partial charge in [0.2, 0.25) is 5.91 Å². The molecule has 2 amide bonds. The summed E-state index contributed by atoms with van der Waals surface area (Å²) >= 11 is 0. The fourth-order valence-corrected chi connectivity index (χ4v) is 2.14. The first-order chi connectivity index (χ1) is 11.5. The van der Waals surface area contributed by atoms with Gasteiger partial charge in [0.25, 0.3) is 5.91 Å². The molecule has 5 nitrogen and oxygen atoms in total. The van der Waals surface area contributed by atoms with Gasteiger partial charge < -0.3 is 14.6 Å². The number of nitrogens with one attached hydrogen (secondary N) is 1. The largest absolute Gasteiger partial charge is 0.459 e. The fraction of sp³-hybridized carbons (Fsp3) is 0.222. The molecule has 6 heteroatoms. The highest BCUT2D eigenvalue weighted by Crippen LogP contribution is 2.08. The summed E-state index contributed by atoms with van der Waals surface area (Å²) in [7, 11) is 0. The van der Waals surface area contributed by atoms with E-state index in [0.717, 1.165) is 5.56 Å². The zero-order chi connectivity index (χ0) is 17.5. The molecule has 0 radical (unpaired) electrons. The number of hydrogen-bond donors (Lipinski definition) is 1. The molecule has 0 aliphatic rings. The molecule has 1 atom stereocenters. The Bertz CT molecular complexity index is 733. The second kappa shape index (κ2) is 7.97. The van der Waals surface area contributed by atoms with Crippen molar-refractivity contribution in [1.82, 2.24) is 10.2 Å². The molecule has 1 unspecified atom stereocenters. The first-order valence-corrected chi connectivity index (χ1v) is 7.32. The Balaban J connectivity index is 2.03. The number of nitrogens with zero attached hydrogens (tertiary/aromatic N) is 1. The second-order valence-corrected chi connectivity index (χ2v) is 5.20. The summed E-state index contributed by atoms with van der Waals surface area (Å²) < 4.78 is 18.0. The van der Waals surface area contributed by atoms with Crippen LogP contribution in [0.1, 0.15) is 23.0 Å². The zero-order valence-corrected chi connectivity index (χ0v) is 13.2. The van der Waals surface area contributed by atoms with Crippen molar-refractivity contribution < 1.29 is 18.4 Å². The second-order valence-electron chi connectivity index (χ2n) is 5.20. The molecule has 0 bridgehead atoms. The van der Waals surface area contributed by atoms with Crippen LogP contribution in [0.15, 0.2) is 47.1 Å². The Morgan fingerprint density at radius 1 is 1.33 bits per heavy atom. The highest BCUT2D eigenvalue weighted by atomic mass is 19.1. The summed E-state index contributed by atoms with van der Waals surface area (Å²) in [4.78, 5) is 25.9. The molecule has 1 heterocycles. The lowest BCUT2D eigenvalue weighted by atomic mass is 10.2. The molecule has 24 heavy (non-hydrogen) atoms. The number of benzene rings is 1. The summed E-state index contributed by atoms with van der Waals surface area (Å²) in [5.74, 6) is 1.36. The Kier molecular flexibility index (Phi) is 5.74. The van der Waals surface area contributed by atoms with Gasteiger partial charge in [-0.1, -0.05) is 18.1 Å². The monoisotopic (exact) mass is 328 g/mol. The topological polar surface area (TPSA) is 62.6 Å². The minimum Gasteiger partial charge on any atom is -0.459 e. The highest BCUT2D eigenvalue weighted by molar-refractivity contribution is 5.95. The van der Waals surface area contributed by atoms with Gasteiger partial charge in [0.15, 0.2) is 5.76 Å². The number of carbonyl (C=O) groups excluding carboxylic acids is 2. The summed E-state index contributed by atoms with van der Waals surface area (Å²) in [6.07, 6.45) is 6.69. The maximum Gasteiger partial charge on any atom is 0.287 e. The minimum absolute atomic E-state index is 0.0805. The third-order valence-corrected chi connectivity index (χ3v) is 3.34. The van der Waals surface area contributed by atoms with Gasteiger partial charge in [0.1, 0.15) is 11.9 Å². The van der Waals surface area contributed by atoms with E-state index in [1.165, 1.54) is 29.4 Å². The maximum absolute atomic E-state index is 13.0. The van der Waals surface area contributed by atoms with Crippen LogP contribution in [-0.4, -0.2) is 29.3 Å². The van der Waals surface area contributed by atoms with Crippen molar-refractivity contribution in [3.05, 3.63) is 59.8 Å². The van der Waals surface area contributed by atoms with Crippen molar-refractivity contribution in [3.8, 4) is 12.3 Å². The predicted molar refractivity (Wildman–Crippen MR) is 86.3 cm³/mol. The SMILES string of the molecule is C#CCN(Cc1ccc(F)cc1)C(=O)C(C)NC(=O)c1ccco1. The third-order valence-electron chi connectivity index (χ3n) is 3.34. The molecule has 1 N–H and O–H groups in total. The Hall–Kier alpha value is -3.07. The van der Waals surface area contributed by atoms with Crippen molar-refractivity contribution in [1.29, 1.82) is 0 Å². The van der Waals surface area contributed by atoms with Gasteiger partial charge in [-0.25, -0.2) is 4.39 Å². The van der Waals surface area contributed by atoms with Crippen molar-refractivity contribution in [3.63, 3.8) is 0 Å². The third kappa shape index (κ3) is 4.46. The Labute approximate surface area is 139 Å². The van der Waals surface area contributed by atoms with Crippen LogP contribution >= 0.6 is 0 Å². The van der Waals surface area contributed by atoms with Gasteiger partial charge in [-0.3, -0.25) is 9.59 Å². The van der Waals surface area contributed by atoms with Crippen molar-refractivity contribution >= 4 is 11.8 Å². The molecule has 0 spiro atoms. The van der Waals surface area contributed by atoms with Crippen LogP contribution in [-0.2, 0) is 11.3 Å². The number of hydrogen-bond acceptors (Lipinski definition) is 3. The molecular formula is C18H17FN2O3. The van der Waals surface area contributed by atoms with E-state index in [2.05, 4.69) is 11.2 Å².